The maximum atomic E-state index is 11.6. The zero-order valence-corrected chi connectivity index (χ0v) is 11.8. The average Bonchev–Trinajstić information content (AvgIpc) is 2.37. The SMILES string of the molecule is CC1CS(=O)(=O)CCN1C(CC#N)c1ccccc1. The Bertz CT molecular complexity index is 563. The minimum absolute atomic E-state index is 0.0169. The molecule has 1 aliphatic rings. The second kappa shape index (κ2) is 5.72. The summed E-state index contributed by atoms with van der Waals surface area (Å²) in [5, 5.41) is 9.02. The number of hydrogen-bond donors (Lipinski definition) is 0. The smallest absolute Gasteiger partial charge is 0.153 e. The molecule has 0 bridgehead atoms. The van der Waals surface area contributed by atoms with E-state index in [-0.39, 0.29) is 23.6 Å². The van der Waals surface area contributed by atoms with Crippen molar-refractivity contribution in [2.45, 2.75) is 25.4 Å². The molecule has 2 atom stereocenters. The summed E-state index contributed by atoms with van der Waals surface area (Å²) in [4.78, 5) is 2.14. The fraction of sp³-hybridized carbons (Fsp3) is 0.500. The van der Waals surface area contributed by atoms with Crippen molar-refractivity contribution in [2.75, 3.05) is 18.1 Å². The summed E-state index contributed by atoms with van der Waals surface area (Å²) in [6, 6.07) is 12.0. The molecule has 2 unspecified atom stereocenters. The quantitative estimate of drug-likeness (QED) is 0.845. The lowest BCUT2D eigenvalue weighted by Gasteiger charge is -2.38. The van der Waals surface area contributed by atoms with Gasteiger partial charge in [0.05, 0.1) is 24.0 Å². The van der Waals surface area contributed by atoms with Crippen molar-refractivity contribution in [3.05, 3.63) is 35.9 Å². The van der Waals surface area contributed by atoms with Crippen LogP contribution in [0.5, 0.6) is 0 Å². The van der Waals surface area contributed by atoms with E-state index in [9.17, 15) is 8.42 Å². The highest BCUT2D eigenvalue weighted by molar-refractivity contribution is 7.91. The summed E-state index contributed by atoms with van der Waals surface area (Å²) in [6.45, 7) is 2.43. The zero-order chi connectivity index (χ0) is 13.9. The van der Waals surface area contributed by atoms with Gasteiger partial charge in [0.2, 0.25) is 0 Å². The minimum atomic E-state index is -2.92. The van der Waals surface area contributed by atoms with Crippen LogP contribution < -0.4 is 0 Å². The van der Waals surface area contributed by atoms with Gasteiger partial charge in [0.25, 0.3) is 0 Å². The van der Waals surface area contributed by atoms with E-state index in [1.54, 1.807) is 0 Å². The van der Waals surface area contributed by atoms with Crippen LogP contribution in [0.15, 0.2) is 30.3 Å². The molecule has 102 valence electrons. The predicted octanol–water partition coefficient (Wildman–Crippen LogP) is 1.76. The Labute approximate surface area is 114 Å². The van der Waals surface area contributed by atoms with Gasteiger partial charge in [-0.25, -0.2) is 8.42 Å². The van der Waals surface area contributed by atoms with E-state index in [0.29, 0.717) is 13.0 Å². The molecule has 0 aromatic heterocycles. The molecule has 1 aromatic rings. The molecule has 5 heteroatoms. The monoisotopic (exact) mass is 278 g/mol. The zero-order valence-electron chi connectivity index (χ0n) is 11.0. The van der Waals surface area contributed by atoms with Crippen LogP contribution in [0, 0.1) is 11.3 Å². The van der Waals surface area contributed by atoms with Gasteiger partial charge in [0, 0.05) is 18.6 Å². The Balaban J connectivity index is 2.24. The maximum absolute atomic E-state index is 11.6. The van der Waals surface area contributed by atoms with Crippen molar-refractivity contribution >= 4 is 9.84 Å². The number of benzene rings is 1. The first kappa shape index (κ1) is 14.0. The summed E-state index contributed by atoms with van der Waals surface area (Å²) in [5.74, 6) is 0.369. The number of hydrogen-bond acceptors (Lipinski definition) is 4. The number of rotatable bonds is 3. The molecule has 0 N–H and O–H groups in total. The van der Waals surface area contributed by atoms with Crippen LogP contribution in [-0.4, -0.2) is 37.4 Å². The predicted molar refractivity (Wildman–Crippen MR) is 74.2 cm³/mol. The van der Waals surface area contributed by atoms with E-state index in [0.717, 1.165) is 5.56 Å². The van der Waals surface area contributed by atoms with Gasteiger partial charge in [0.1, 0.15) is 0 Å². The Morgan fingerprint density at radius 1 is 1.42 bits per heavy atom. The topological polar surface area (TPSA) is 61.2 Å². The fourth-order valence-corrected chi connectivity index (χ4v) is 4.24. The van der Waals surface area contributed by atoms with Crippen molar-refractivity contribution in [1.82, 2.24) is 4.90 Å². The van der Waals surface area contributed by atoms with Crippen LogP contribution in [0.4, 0.5) is 0 Å². The van der Waals surface area contributed by atoms with Gasteiger partial charge in [-0.15, -0.1) is 0 Å². The molecule has 0 aliphatic carbocycles. The van der Waals surface area contributed by atoms with Crippen molar-refractivity contribution < 1.29 is 8.42 Å². The highest BCUT2D eigenvalue weighted by atomic mass is 32.2. The molecule has 1 aromatic carbocycles. The maximum Gasteiger partial charge on any atom is 0.153 e. The van der Waals surface area contributed by atoms with Crippen LogP contribution in [0.2, 0.25) is 0 Å². The molecule has 19 heavy (non-hydrogen) atoms. The van der Waals surface area contributed by atoms with E-state index < -0.39 is 9.84 Å². The van der Waals surface area contributed by atoms with Crippen molar-refractivity contribution in [3.8, 4) is 6.07 Å². The lowest BCUT2D eigenvalue weighted by Crippen LogP contribution is -2.48. The summed E-state index contributed by atoms with van der Waals surface area (Å²) in [6.07, 6.45) is 0.383. The van der Waals surface area contributed by atoms with E-state index in [1.165, 1.54) is 0 Å². The molecule has 1 fully saturated rings. The molecule has 0 radical (unpaired) electrons. The van der Waals surface area contributed by atoms with Gasteiger partial charge in [-0.2, -0.15) is 5.26 Å². The minimum Gasteiger partial charge on any atom is -0.291 e. The second-order valence-electron chi connectivity index (χ2n) is 4.99. The van der Waals surface area contributed by atoms with Crippen LogP contribution in [0.25, 0.3) is 0 Å². The van der Waals surface area contributed by atoms with E-state index in [2.05, 4.69) is 11.0 Å². The Kier molecular flexibility index (Phi) is 4.23. The standard InChI is InChI=1S/C14H18N2O2S/c1-12-11-19(17,18)10-9-16(12)14(7-8-15)13-5-3-2-4-6-13/h2-6,12,14H,7,9-11H2,1H3. The lowest BCUT2D eigenvalue weighted by atomic mass is 10.0. The molecule has 1 heterocycles. The molecule has 0 saturated carbocycles. The fourth-order valence-electron chi connectivity index (χ4n) is 2.66. The number of nitrogens with zero attached hydrogens (tertiary/aromatic N) is 2. The molecule has 0 spiro atoms. The van der Waals surface area contributed by atoms with Crippen molar-refractivity contribution in [3.63, 3.8) is 0 Å². The normalized spacial score (nSPS) is 24.5. The van der Waals surface area contributed by atoms with Gasteiger partial charge >= 0.3 is 0 Å². The number of nitriles is 1. The van der Waals surface area contributed by atoms with Crippen LogP contribution in [0.3, 0.4) is 0 Å². The third-order valence-electron chi connectivity index (χ3n) is 3.59. The van der Waals surface area contributed by atoms with Gasteiger partial charge in [0.15, 0.2) is 9.84 Å². The van der Waals surface area contributed by atoms with Crippen LogP contribution in [-0.2, 0) is 9.84 Å². The van der Waals surface area contributed by atoms with Crippen molar-refractivity contribution in [1.29, 1.82) is 5.26 Å². The Morgan fingerprint density at radius 2 is 2.11 bits per heavy atom. The van der Waals surface area contributed by atoms with Gasteiger partial charge in [-0.3, -0.25) is 4.90 Å². The van der Waals surface area contributed by atoms with Gasteiger partial charge in [-0.1, -0.05) is 30.3 Å². The highest BCUT2D eigenvalue weighted by Gasteiger charge is 2.33. The van der Waals surface area contributed by atoms with Gasteiger partial charge < -0.3 is 0 Å². The lowest BCUT2D eigenvalue weighted by molar-refractivity contribution is 0.159. The molecular weight excluding hydrogens is 260 g/mol. The van der Waals surface area contributed by atoms with Crippen molar-refractivity contribution in [2.24, 2.45) is 0 Å². The van der Waals surface area contributed by atoms with Crippen LogP contribution in [0.1, 0.15) is 24.9 Å². The molecule has 1 saturated heterocycles. The summed E-state index contributed by atoms with van der Waals surface area (Å²) < 4.78 is 23.3. The number of sulfone groups is 1. The molecule has 4 nitrogen and oxygen atoms in total. The summed E-state index contributed by atoms with van der Waals surface area (Å²) in [5.41, 5.74) is 1.08. The van der Waals surface area contributed by atoms with E-state index in [4.69, 9.17) is 5.26 Å². The molecule has 1 aliphatic heterocycles. The molecule has 2 rings (SSSR count). The Morgan fingerprint density at radius 3 is 2.68 bits per heavy atom. The first-order valence-electron chi connectivity index (χ1n) is 6.41. The third-order valence-corrected chi connectivity index (χ3v) is 5.39. The van der Waals surface area contributed by atoms with Gasteiger partial charge in [-0.05, 0) is 12.5 Å². The summed E-state index contributed by atoms with van der Waals surface area (Å²) in [7, 11) is -2.92. The van der Waals surface area contributed by atoms with E-state index >= 15 is 0 Å². The first-order valence-corrected chi connectivity index (χ1v) is 8.24. The van der Waals surface area contributed by atoms with E-state index in [1.807, 2.05) is 37.3 Å². The third kappa shape index (κ3) is 3.34. The first-order chi connectivity index (χ1) is 9.03. The average molecular weight is 278 g/mol. The Hall–Kier alpha value is -1.38. The largest absolute Gasteiger partial charge is 0.291 e. The second-order valence-corrected chi connectivity index (χ2v) is 7.22. The molecule has 0 amide bonds. The molecular formula is C14H18N2O2S. The highest BCUT2D eigenvalue weighted by Crippen LogP contribution is 2.28. The summed E-state index contributed by atoms with van der Waals surface area (Å²) >= 11 is 0. The van der Waals surface area contributed by atoms with Crippen LogP contribution >= 0.6 is 0 Å².